The number of halogens is 2. The van der Waals surface area contributed by atoms with Crippen molar-refractivity contribution in [3.63, 3.8) is 0 Å². The first-order valence-corrected chi connectivity index (χ1v) is 6.44. The van der Waals surface area contributed by atoms with Gasteiger partial charge in [-0.3, -0.25) is 4.79 Å². The van der Waals surface area contributed by atoms with Crippen LogP contribution in [0.15, 0.2) is 42.5 Å². The number of hydrogen-bond acceptors (Lipinski definition) is 3. The van der Waals surface area contributed by atoms with Crippen molar-refractivity contribution < 1.29 is 23.0 Å². The van der Waals surface area contributed by atoms with Crippen molar-refractivity contribution in [3.8, 4) is 11.5 Å². The molecule has 0 saturated carbocycles. The Bertz CT molecular complexity index is 724. The number of ether oxygens (including phenoxy) is 2. The minimum atomic E-state index is -1.05. The van der Waals surface area contributed by atoms with Crippen LogP contribution in [0, 0.1) is 11.6 Å². The minimum Gasteiger partial charge on any atom is -0.493 e. The van der Waals surface area contributed by atoms with Gasteiger partial charge in [0, 0.05) is 5.56 Å². The summed E-state index contributed by atoms with van der Waals surface area (Å²) in [6.07, 6.45) is 2.85. The van der Waals surface area contributed by atoms with E-state index in [1.165, 1.54) is 26.4 Å². The summed E-state index contributed by atoms with van der Waals surface area (Å²) >= 11 is 0. The Morgan fingerprint density at radius 3 is 2.32 bits per heavy atom. The average molecular weight is 304 g/mol. The number of methoxy groups -OCH3 is 2. The van der Waals surface area contributed by atoms with Gasteiger partial charge in [-0.05, 0) is 42.0 Å². The molecule has 0 aliphatic rings. The number of carbonyl (C=O) groups is 1. The topological polar surface area (TPSA) is 35.5 Å². The molecule has 0 aromatic heterocycles. The quantitative estimate of drug-likeness (QED) is 0.621. The zero-order valence-electron chi connectivity index (χ0n) is 12.1. The van der Waals surface area contributed by atoms with Crippen molar-refractivity contribution in [3.05, 3.63) is 65.2 Å². The third kappa shape index (κ3) is 3.49. The lowest BCUT2D eigenvalue weighted by Gasteiger charge is -2.07. The van der Waals surface area contributed by atoms with E-state index in [9.17, 15) is 13.6 Å². The summed E-state index contributed by atoms with van der Waals surface area (Å²) < 4.78 is 36.2. The van der Waals surface area contributed by atoms with Crippen LogP contribution in [0.1, 0.15) is 15.9 Å². The Labute approximate surface area is 126 Å². The van der Waals surface area contributed by atoms with Crippen molar-refractivity contribution in [2.45, 2.75) is 0 Å². The highest BCUT2D eigenvalue weighted by Crippen LogP contribution is 2.28. The Balaban J connectivity index is 2.20. The van der Waals surface area contributed by atoms with Crippen molar-refractivity contribution in [1.82, 2.24) is 0 Å². The van der Waals surface area contributed by atoms with Crippen molar-refractivity contribution in [2.24, 2.45) is 0 Å². The lowest BCUT2D eigenvalue weighted by atomic mass is 10.1. The molecule has 0 amide bonds. The molecule has 0 radical (unpaired) electrons. The summed E-state index contributed by atoms with van der Waals surface area (Å²) in [5.41, 5.74) is 0.796. The van der Waals surface area contributed by atoms with Gasteiger partial charge in [0.1, 0.15) is 0 Å². The summed E-state index contributed by atoms with van der Waals surface area (Å²) in [6.45, 7) is 0. The molecule has 5 heteroatoms. The van der Waals surface area contributed by atoms with Crippen LogP contribution < -0.4 is 9.47 Å². The highest BCUT2D eigenvalue weighted by molar-refractivity contribution is 6.06. The largest absolute Gasteiger partial charge is 0.493 e. The molecule has 0 saturated heterocycles. The van der Waals surface area contributed by atoms with Gasteiger partial charge in [0.05, 0.1) is 14.2 Å². The first-order valence-electron chi connectivity index (χ1n) is 6.44. The number of hydrogen-bond donors (Lipinski definition) is 0. The fourth-order valence-electron chi connectivity index (χ4n) is 1.87. The zero-order chi connectivity index (χ0) is 16.1. The number of benzene rings is 2. The second kappa shape index (κ2) is 6.85. The molecule has 0 N–H and O–H groups in total. The maximum absolute atomic E-state index is 13.1. The van der Waals surface area contributed by atoms with Crippen LogP contribution in [0.3, 0.4) is 0 Å². The van der Waals surface area contributed by atoms with Gasteiger partial charge in [-0.1, -0.05) is 12.1 Å². The molecule has 2 aromatic carbocycles. The fraction of sp³-hybridized carbons (Fsp3) is 0.118. The molecule has 0 bridgehead atoms. The van der Waals surface area contributed by atoms with Crippen LogP contribution in [0.4, 0.5) is 8.78 Å². The standard InChI is InChI=1S/C17H14F2O3/c1-21-16-8-4-11(9-17(16)22-2)3-7-15(20)12-5-6-13(18)14(19)10-12/h3-10H,1-2H3/b7-3+. The van der Waals surface area contributed by atoms with Crippen LogP contribution in [0.2, 0.25) is 0 Å². The molecule has 0 unspecified atom stereocenters. The highest BCUT2D eigenvalue weighted by Gasteiger charge is 2.07. The Morgan fingerprint density at radius 2 is 1.68 bits per heavy atom. The molecule has 0 aliphatic heterocycles. The number of allylic oxidation sites excluding steroid dienone is 1. The summed E-state index contributed by atoms with van der Waals surface area (Å²) in [5.74, 6) is -1.35. The maximum Gasteiger partial charge on any atom is 0.185 e. The number of carbonyl (C=O) groups excluding carboxylic acids is 1. The molecule has 0 aliphatic carbocycles. The van der Waals surface area contributed by atoms with Crippen LogP contribution in [0.25, 0.3) is 6.08 Å². The second-order valence-electron chi connectivity index (χ2n) is 4.44. The monoisotopic (exact) mass is 304 g/mol. The molecule has 22 heavy (non-hydrogen) atoms. The van der Waals surface area contributed by atoms with Crippen molar-refractivity contribution in [1.29, 1.82) is 0 Å². The van der Waals surface area contributed by atoms with E-state index in [2.05, 4.69) is 0 Å². The smallest absolute Gasteiger partial charge is 0.185 e. The first kappa shape index (κ1) is 15.7. The van der Waals surface area contributed by atoms with Crippen LogP contribution >= 0.6 is 0 Å². The number of rotatable bonds is 5. The summed E-state index contributed by atoms with van der Waals surface area (Å²) in [7, 11) is 3.04. The summed E-state index contributed by atoms with van der Waals surface area (Å²) in [4.78, 5) is 11.9. The molecule has 0 spiro atoms. The molecular weight excluding hydrogens is 290 g/mol. The van der Waals surface area contributed by atoms with Gasteiger partial charge in [-0.25, -0.2) is 8.78 Å². The van der Waals surface area contributed by atoms with Gasteiger partial charge in [-0.2, -0.15) is 0 Å². The van der Waals surface area contributed by atoms with Gasteiger partial charge in [0.2, 0.25) is 0 Å². The average Bonchev–Trinajstić information content (AvgIpc) is 2.54. The van der Waals surface area contributed by atoms with Crippen LogP contribution in [0.5, 0.6) is 11.5 Å². The van der Waals surface area contributed by atoms with E-state index in [4.69, 9.17) is 9.47 Å². The van der Waals surface area contributed by atoms with Gasteiger partial charge in [0.25, 0.3) is 0 Å². The van der Waals surface area contributed by atoms with Crippen LogP contribution in [-0.2, 0) is 0 Å². The van der Waals surface area contributed by atoms with E-state index in [0.717, 1.165) is 12.1 Å². The Hall–Kier alpha value is -2.69. The third-order valence-electron chi connectivity index (χ3n) is 3.04. The summed E-state index contributed by atoms with van der Waals surface area (Å²) in [6, 6.07) is 8.19. The van der Waals surface area contributed by atoms with Crippen molar-refractivity contribution in [2.75, 3.05) is 14.2 Å². The van der Waals surface area contributed by atoms with E-state index in [1.807, 2.05) is 0 Å². The van der Waals surface area contributed by atoms with E-state index in [1.54, 1.807) is 24.3 Å². The lowest BCUT2D eigenvalue weighted by Crippen LogP contribution is -1.96. The second-order valence-corrected chi connectivity index (χ2v) is 4.44. The van der Waals surface area contributed by atoms with Crippen molar-refractivity contribution >= 4 is 11.9 Å². The van der Waals surface area contributed by atoms with Gasteiger partial charge in [0.15, 0.2) is 28.9 Å². The number of ketones is 1. The Morgan fingerprint density at radius 1 is 0.955 bits per heavy atom. The van der Waals surface area contributed by atoms with E-state index >= 15 is 0 Å². The predicted molar refractivity (Wildman–Crippen MR) is 79.3 cm³/mol. The lowest BCUT2D eigenvalue weighted by molar-refractivity contribution is 0.104. The molecule has 2 rings (SSSR count). The molecule has 114 valence electrons. The van der Waals surface area contributed by atoms with Gasteiger partial charge < -0.3 is 9.47 Å². The molecule has 2 aromatic rings. The van der Waals surface area contributed by atoms with Crippen LogP contribution in [-0.4, -0.2) is 20.0 Å². The van der Waals surface area contributed by atoms with Gasteiger partial charge in [-0.15, -0.1) is 0 Å². The molecule has 0 heterocycles. The normalized spacial score (nSPS) is 10.7. The van der Waals surface area contributed by atoms with E-state index < -0.39 is 17.4 Å². The first-order chi connectivity index (χ1) is 10.5. The molecule has 0 fully saturated rings. The predicted octanol–water partition coefficient (Wildman–Crippen LogP) is 3.88. The zero-order valence-corrected chi connectivity index (χ0v) is 12.1. The van der Waals surface area contributed by atoms with Gasteiger partial charge >= 0.3 is 0 Å². The SMILES string of the molecule is COc1ccc(/C=C/C(=O)c2ccc(F)c(F)c2)cc1OC. The third-order valence-corrected chi connectivity index (χ3v) is 3.04. The molecule has 3 nitrogen and oxygen atoms in total. The fourth-order valence-corrected chi connectivity index (χ4v) is 1.87. The van der Waals surface area contributed by atoms with E-state index in [-0.39, 0.29) is 5.56 Å². The van der Waals surface area contributed by atoms with E-state index in [0.29, 0.717) is 17.1 Å². The maximum atomic E-state index is 13.1. The molecular formula is C17H14F2O3. The Kier molecular flexibility index (Phi) is 4.88. The molecule has 0 atom stereocenters. The summed E-state index contributed by atoms with van der Waals surface area (Å²) in [5, 5.41) is 0. The highest BCUT2D eigenvalue weighted by atomic mass is 19.2. The minimum absolute atomic E-state index is 0.0793.